The van der Waals surface area contributed by atoms with Crippen LogP contribution in [0, 0.1) is 11.6 Å². The van der Waals surface area contributed by atoms with Gasteiger partial charge in [0.1, 0.15) is 17.4 Å². The van der Waals surface area contributed by atoms with E-state index in [4.69, 9.17) is 4.74 Å². The zero-order valence-electron chi connectivity index (χ0n) is 15.3. The van der Waals surface area contributed by atoms with Crippen molar-refractivity contribution in [3.63, 3.8) is 0 Å². The quantitative estimate of drug-likeness (QED) is 0.499. The van der Waals surface area contributed by atoms with Crippen molar-refractivity contribution in [2.45, 2.75) is 13.1 Å². The summed E-state index contributed by atoms with van der Waals surface area (Å²) in [7, 11) is 1.66. The number of hydrogen-bond acceptors (Lipinski definition) is 3. The molecule has 0 saturated carbocycles. The Morgan fingerprint density at radius 1 is 0.929 bits per heavy atom. The molecule has 7 heteroatoms. The highest BCUT2D eigenvalue weighted by molar-refractivity contribution is 5.79. The molecule has 0 unspecified atom stereocenters. The molecule has 5 nitrogen and oxygen atoms in total. The smallest absolute Gasteiger partial charge is 0.219 e. The summed E-state index contributed by atoms with van der Waals surface area (Å²) in [6.45, 7) is 0.942. The predicted octanol–water partition coefficient (Wildman–Crippen LogP) is 4.02. The fourth-order valence-corrected chi connectivity index (χ4v) is 2.48. The van der Waals surface area contributed by atoms with Crippen LogP contribution in [-0.2, 0) is 13.1 Å². The first-order chi connectivity index (χ1) is 13.6. The minimum atomic E-state index is -0.324. The molecule has 1 heterocycles. The second-order valence-corrected chi connectivity index (χ2v) is 5.97. The summed E-state index contributed by atoms with van der Waals surface area (Å²) in [5, 5.41) is 6.31. The van der Waals surface area contributed by atoms with Gasteiger partial charge in [-0.25, -0.2) is 13.8 Å². The van der Waals surface area contributed by atoms with E-state index in [1.165, 1.54) is 24.3 Å². The molecule has 144 valence electrons. The van der Waals surface area contributed by atoms with E-state index in [0.717, 1.165) is 11.1 Å². The number of aromatic nitrogens is 1. The van der Waals surface area contributed by atoms with E-state index in [0.29, 0.717) is 30.7 Å². The lowest BCUT2D eigenvalue weighted by molar-refractivity contribution is 0.460. The number of hydrogen-bond donors (Lipinski definition) is 2. The maximum Gasteiger partial charge on any atom is 0.219 e. The summed E-state index contributed by atoms with van der Waals surface area (Å²) in [6, 6.07) is 15.8. The van der Waals surface area contributed by atoms with Crippen molar-refractivity contribution in [1.82, 2.24) is 15.6 Å². The highest BCUT2D eigenvalue weighted by Gasteiger charge is 2.03. The number of halogens is 2. The lowest BCUT2D eigenvalue weighted by Crippen LogP contribution is -2.36. The van der Waals surface area contributed by atoms with Crippen molar-refractivity contribution >= 4 is 5.96 Å². The number of aliphatic imine (C=N–C) groups is 1. The van der Waals surface area contributed by atoms with E-state index in [1.54, 1.807) is 37.5 Å². The lowest BCUT2D eigenvalue weighted by atomic mass is 10.2. The molecule has 3 aromatic rings. The van der Waals surface area contributed by atoms with E-state index in [9.17, 15) is 8.78 Å². The van der Waals surface area contributed by atoms with Gasteiger partial charge in [0.25, 0.3) is 0 Å². The SMILES string of the molecule is CN=C(NCc1cccc(F)c1)NCc1ccnc(Oc2ccc(F)cc2)c1. The molecule has 0 amide bonds. The lowest BCUT2D eigenvalue weighted by Gasteiger charge is -2.12. The van der Waals surface area contributed by atoms with Crippen molar-refractivity contribution in [2.24, 2.45) is 4.99 Å². The van der Waals surface area contributed by atoms with Crippen LogP contribution in [0.3, 0.4) is 0 Å². The Labute approximate surface area is 162 Å². The molecule has 3 rings (SSSR count). The van der Waals surface area contributed by atoms with E-state index in [-0.39, 0.29) is 11.6 Å². The Kier molecular flexibility index (Phi) is 6.51. The van der Waals surface area contributed by atoms with Crippen molar-refractivity contribution < 1.29 is 13.5 Å². The second kappa shape index (κ2) is 9.45. The van der Waals surface area contributed by atoms with Crippen LogP contribution in [0.2, 0.25) is 0 Å². The molecule has 28 heavy (non-hydrogen) atoms. The summed E-state index contributed by atoms with van der Waals surface area (Å²) in [6.07, 6.45) is 1.64. The van der Waals surface area contributed by atoms with Gasteiger partial charge in [-0.05, 0) is 53.6 Å². The summed E-state index contributed by atoms with van der Waals surface area (Å²) in [4.78, 5) is 8.32. The third-order valence-corrected chi connectivity index (χ3v) is 3.87. The van der Waals surface area contributed by atoms with Crippen molar-refractivity contribution in [3.05, 3.63) is 89.6 Å². The number of ether oxygens (including phenoxy) is 1. The van der Waals surface area contributed by atoms with Crippen molar-refractivity contribution in [3.8, 4) is 11.6 Å². The average Bonchev–Trinajstić information content (AvgIpc) is 2.70. The van der Waals surface area contributed by atoms with Crippen LogP contribution in [-0.4, -0.2) is 18.0 Å². The van der Waals surface area contributed by atoms with E-state index in [2.05, 4.69) is 20.6 Å². The third-order valence-electron chi connectivity index (χ3n) is 3.87. The molecule has 0 atom stereocenters. The van der Waals surface area contributed by atoms with E-state index in [1.807, 2.05) is 12.1 Å². The monoisotopic (exact) mass is 382 g/mol. The van der Waals surface area contributed by atoms with Gasteiger partial charge in [-0.2, -0.15) is 0 Å². The molecule has 0 saturated heterocycles. The first kappa shape index (κ1) is 19.3. The first-order valence-corrected chi connectivity index (χ1v) is 8.70. The number of rotatable bonds is 6. The summed E-state index contributed by atoms with van der Waals surface area (Å²) >= 11 is 0. The van der Waals surface area contributed by atoms with Crippen LogP contribution in [0.25, 0.3) is 0 Å². The second-order valence-electron chi connectivity index (χ2n) is 5.97. The van der Waals surface area contributed by atoms with Crippen LogP contribution in [0.5, 0.6) is 11.6 Å². The zero-order valence-corrected chi connectivity index (χ0v) is 15.3. The van der Waals surface area contributed by atoms with Gasteiger partial charge in [0, 0.05) is 32.4 Å². The van der Waals surface area contributed by atoms with Crippen molar-refractivity contribution in [1.29, 1.82) is 0 Å². The molecular weight excluding hydrogens is 362 g/mol. The van der Waals surface area contributed by atoms with Crippen LogP contribution < -0.4 is 15.4 Å². The molecule has 0 aliphatic carbocycles. The maximum absolute atomic E-state index is 13.2. The van der Waals surface area contributed by atoms with Gasteiger partial charge in [0.05, 0.1) is 0 Å². The highest BCUT2D eigenvalue weighted by atomic mass is 19.1. The molecule has 2 aromatic carbocycles. The van der Waals surface area contributed by atoms with Gasteiger partial charge in [-0.15, -0.1) is 0 Å². The van der Waals surface area contributed by atoms with Gasteiger partial charge < -0.3 is 15.4 Å². The van der Waals surface area contributed by atoms with Crippen LogP contribution in [0.1, 0.15) is 11.1 Å². The summed E-state index contributed by atoms with van der Waals surface area (Å²) in [5.74, 6) is 0.908. The minimum Gasteiger partial charge on any atom is -0.439 e. The molecule has 0 spiro atoms. The molecule has 0 aliphatic rings. The number of nitrogens with one attached hydrogen (secondary N) is 2. The van der Waals surface area contributed by atoms with Gasteiger partial charge in [0.2, 0.25) is 5.88 Å². The Hall–Kier alpha value is -3.48. The Bertz CT molecular complexity index is 945. The number of guanidine groups is 1. The highest BCUT2D eigenvalue weighted by Crippen LogP contribution is 2.20. The summed E-state index contributed by atoms with van der Waals surface area (Å²) < 4.78 is 31.9. The topological polar surface area (TPSA) is 58.5 Å². The molecule has 2 N–H and O–H groups in total. The molecule has 0 aliphatic heterocycles. The van der Waals surface area contributed by atoms with Gasteiger partial charge in [-0.1, -0.05) is 12.1 Å². The number of pyridine rings is 1. The van der Waals surface area contributed by atoms with Gasteiger partial charge in [0.15, 0.2) is 5.96 Å². The van der Waals surface area contributed by atoms with Crippen LogP contribution >= 0.6 is 0 Å². The molecular formula is C21H20F2N4O. The number of benzene rings is 2. The van der Waals surface area contributed by atoms with E-state index >= 15 is 0 Å². The van der Waals surface area contributed by atoms with Gasteiger partial charge in [-0.3, -0.25) is 4.99 Å². The van der Waals surface area contributed by atoms with Crippen molar-refractivity contribution in [2.75, 3.05) is 7.05 Å². The first-order valence-electron chi connectivity index (χ1n) is 8.70. The number of nitrogens with zero attached hydrogens (tertiary/aromatic N) is 2. The standard InChI is InChI=1S/C21H20F2N4O/c1-24-21(26-13-15-3-2-4-18(23)11-15)27-14-16-9-10-25-20(12-16)28-19-7-5-17(22)6-8-19/h2-12H,13-14H2,1H3,(H2,24,26,27). The molecule has 1 aromatic heterocycles. The summed E-state index contributed by atoms with van der Waals surface area (Å²) in [5.41, 5.74) is 1.75. The normalized spacial score (nSPS) is 11.2. The fourth-order valence-electron chi connectivity index (χ4n) is 2.48. The largest absolute Gasteiger partial charge is 0.439 e. The third kappa shape index (κ3) is 5.77. The zero-order chi connectivity index (χ0) is 19.8. The van der Waals surface area contributed by atoms with Gasteiger partial charge >= 0.3 is 0 Å². The van der Waals surface area contributed by atoms with E-state index < -0.39 is 0 Å². The molecule has 0 fully saturated rings. The average molecular weight is 382 g/mol. The fraction of sp³-hybridized carbons (Fsp3) is 0.143. The van der Waals surface area contributed by atoms with Crippen LogP contribution in [0.15, 0.2) is 71.9 Å². The predicted molar refractivity (Wildman–Crippen MR) is 104 cm³/mol. The van der Waals surface area contributed by atoms with Crippen LogP contribution in [0.4, 0.5) is 8.78 Å². The molecule has 0 radical (unpaired) electrons. The Morgan fingerprint density at radius 3 is 2.32 bits per heavy atom. The minimum absolute atomic E-state index is 0.271. The molecule has 0 bridgehead atoms. The Balaban J connectivity index is 1.54. The Morgan fingerprint density at radius 2 is 1.64 bits per heavy atom. The maximum atomic E-state index is 13.2.